The third kappa shape index (κ3) is 3.54. The van der Waals surface area contributed by atoms with E-state index in [0.29, 0.717) is 12.3 Å². The molecule has 3 N–H and O–H groups in total. The van der Waals surface area contributed by atoms with Gasteiger partial charge in [0.1, 0.15) is 5.52 Å². The van der Waals surface area contributed by atoms with Gasteiger partial charge in [-0.2, -0.15) is 0 Å². The Morgan fingerprint density at radius 3 is 3.05 bits per heavy atom. The lowest BCUT2D eigenvalue weighted by Gasteiger charge is -2.10. The van der Waals surface area contributed by atoms with Crippen molar-refractivity contribution in [3.05, 3.63) is 24.1 Å². The third-order valence-electron chi connectivity index (χ3n) is 2.89. The Morgan fingerprint density at radius 1 is 1.53 bits per heavy atom. The molecule has 1 unspecified atom stereocenters. The number of fused-ring (bicyclic) bond motifs is 1. The van der Waals surface area contributed by atoms with E-state index < -0.39 is 0 Å². The van der Waals surface area contributed by atoms with Crippen LogP contribution in [0.4, 0.5) is 5.69 Å². The van der Waals surface area contributed by atoms with Gasteiger partial charge in [0.2, 0.25) is 5.91 Å². The number of oxazole rings is 1. The first-order valence-electron chi connectivity index (χ1n) is 6.51. The average Bonchev–Trinajstić information content (AvgIpc) is 2.68. The van der Waals surface area contributed by atoms with Crippen molar-refractivity contribution in [2.45, 2.75) is 39.2 Å². The Hall–Kier alpha value is -1.88. The van der Waals surface area contributed by atoms with Crippen LogP contribution in [0.1, 0.15) is 32.1 Å². The summed E-state index contributed by atoms with van der Waals surface area (Å²) in [4.78, 5) is 16.0. The number of hydrogen-bond donors (Lipinski definition) is 2. The van der Waals surface area contributed by atoms with Crippen molar-refractivity contribution in [3.8, 4) is 0 Å². The van der Waals surface area contributed by atoms with E-state index in [1.165, 1.54) is 0 Å². The van der Waals surface area contributed by atoms with Gasteiger partial charge in [0.25, 0.3) is 0 Å². The summed E-state index contributed by atoms with van der Waals surface area (Å²) >= 11 is 0. The molecule has 2 aromatic rings. The summed E-state index contributed by atoms with van der Waals surface area (Å²) in [7, 11) is 0. The van der Waals surface area contributed by atoms with Crippen LogP contribution in [0.15, 0.2) is 22.6 Å². The Bertz CT molecular complexity index is 577. The van der Waals surface area contributed by atoms with Gasteiger partial charge in [0, 0.05) is 25.1 Å². The van der Waals surface area contributed by atoms with E-state index in [2.05, 4.69) is 17.2 Å². The molecule has 1 amide bonds. The van der Waals surface area contributed by atoms with Gasteiger partial charge in [-0.15, -0.1) is 0 Å². The van der Waals surface area contributed by atoms with Crippen LogP contribution in [0.2, 0.25) is 0 Å². The molecule has 1 aromatic heterocycles. The third-order valence-corrected chi connectivity index (χ3v) is 2.89. The Labute approximate surface area is 112 Å². The van der Waals surface area contributed by atoms with Crippen molar-refractivity contribution in [3.63, 3.8) is 0 Å². The van der Waals surface area contributed by atoms with Crippen LogP contribution in [-0.4, -0.2) is 16.9 Å². The largest absolute Gasteiger partial charge is 0.441 e. The number of rotatable bonds is 5. The van der Waals surface area contributed by atoms with Crippen molar-refractivity contribution < 1.29 is 9.21 Å². The van der Waals surface area contributed by atoms with Crippen LogP contribution in [0.5, 0.6) is 0 Å². The maximum atomic E-state index is 11.8. The summed E-state index contributed by atoms with van der Waals surface area (Å²) < 4.78 is 5.38. The molecule has 0 saturated heterocycles. The second kappa shape index (κ2) is 5.84. The molecule has 0 fully saturated rings. The molecule has 1 atom stereocenters. The zero-order valence-electron chi connectivity index (χ0n) is 11.3. The SMILES string of the molecule is CCCC(N)CC(=O)Nc1ccc2oc(C)nc2c1. The normalized spacial score (nSPS) is 12.6. The van der Waals surface area contributed by atoms with E-state index in [9.17, 15) is 4.79 Å². The molecular weight excluding hydrogens is 242 g/mol. The number of aromatic nitrogens is 1. The van der Waals surface area contributed by atoms with E-state index in [4.69, 9.17) is 10.2 Å². The van der Waals surface area contributed by atoms with Crippen molar-refractivity contribution in [1.29, 1.82) is 0 Å². The van der Waals surface area contributed by atoms with Crippen molar-refractivity contribution >= 4 is 22.7 Å². The van der Waals surface area contributed by atoms with Crippen LogP contribution < -0.4 is 11.1 Å². The zero-order chi connectivity index (χ0) is 13.8. The van der Waals surface area contributed by atoms with Crippen LogP contribution >= 0.6 is 0 Å². The lowest BCUT2D eigenvalue weighted by Crippen LogP contribution is -2.26. The second-order valence-electron chi connectivity index (χ2n) is 4.72. The molecule has 1 aromatic carbocycles. The molecule has 0 bridgehead atoms. The molecule has 0 spiro atoms. The number of carbonyl (C=O) groups is 1. The maximum absolute atomic E-state index is 11.8. The summed E-state index contributed by atoms with van der Waals surface area (Å²) in [5.74, 6) is 0.545. The molecule has 0 aliphatic heterocycles. The summed E-state index contributed by atoms with van der Waals surface area (Å²) in [6.07, 6.45) is 2.18. The summed E-state index contributed by atoms with van der Waals surface area (Å²) in [6, 6.07) is 5.32. The molecule has 0 aliphatic rings. The topological polar surface area (TPSA) is 81.2 Å². The van der Waals surface area contributed by atoms with E-state index in [-0.39, 0.29) is 11.9 Å². The number of nitrogens with one attached hydrogen (secondary N) is 1. The Morgan fingerprint density at radius 2 is 2.32 bits per heavy atom. The highest BCUT2D eigenvalue weighted by molar-refractivity contribution is 5.93. The minimum Gasteiger partial charge on any atom is -0.441 e. The first-order chi connectivity index (χ1) is 9.08. The molecule has 102 valence electrons. The van der Waals surface area contributed by atoms with Gasteiger partial charge in [-0.25, -0.2) is 4.98 Å². The number of benzene rings is 1. The van der Waals surface area contributed by atoms with Crippen LogP contribution in [0.25, 0.3) is 11.1 Å². The van der Waals surface area contributed by atoms with Crippen LogP contribution in [-0.2, 0) is 4.79 Å². The molecule has 19 heavy (non-hydrogen) atoms. The number of carbonyl (C=O) groups excluding carboxylic acids is 1. The van der Waals surface area contributed by atoms with E-state index >= 15 is 0 Å². The minimum absolute atomic E-state index is 0.0690. The molecular formula is C14H19N3O2. The first-order valence-corrected chi connectivity index (χ1v) is 6.51. The predicted molar refractivity (Wildman–Crippen MR) is 74.9 cm³/mol. The molecule has 0 aliphatic carbocycles. The predicted octanol–water partition coefficient (Wildman–Crippen LogP) is 2.59. The number of nitrogens with two attached hydrogens (primary N) is 1. The Kier molecular flexibility index (Phi) is 4.16. The number of amides is 1. The number of anilines is 1. The van der Waals surface area contributed by atoms with Gasteiger partial charge in [-0.1, -0.05) is 13.3 Å². The number of nitrogens with zero attached hydrogens (tertiary/aromatic N) is 1. The van der Waals surface area contributed by atoms with Gasteiger partial charge in [0.05, 0.1) is 0 Å². The summed E-state index contributed by atoms with van der Waals surface area (Å²) in [6.45, 7) is 3.85. The number of hydrogen-bond acceptors (Lipinski definition) is 4. The fourth-order valence-electron chi connectivity index (χ4n) is 2.04. The van der Waals surface area contributed by atoms with Gasteiger partial charge < -0.3 is 15.5 Å². The molecule has 0 saturated carbocycles. The van der Waals surface area contributed by atoms with Crippen molar-refractivity contribution in [2.75, 3.05) is 5.32 Å². The van der Waals surface area contributed by atoms with Crippen LogP contribution in [0.3, 0.4) is 0 Å². The monoisotopic (exact) mass is 261 g/mol. The standard InChI is InChI=1S/C14H19N3O2/c1-3-4-10(15)7-14(18)17-11-5-6-13-12(8-11)16-9(2)19-13/h5-6,8,10H,3-4,7,15H2,1-2H3,(H,17,18). The lowest BCUT2D eigenvalue weighted by molar-refractivity contribution is -0.116. The van der Waals surface area contributed by atoms with E-state index in [1.807, 2.05) is 0 Å². The molecule has 1 heterocycles. The second-order valence-corrected chi connectivity index (χ2v) is 4.72. The van der Waals surface area contributed by atoms with Crippen molar-refractivity contribution in [2.24, 2.45) is 5.73 Å². The smallest absolute Gasteiger partial charge is 0.225 e. The minimum atomic E-state index is -0.0805. The van der Waals surface area contributed by atoms with E-state index in [1.54, 1.807) is 25.1 Å². The summed E-state index contributed by atoms with van der Waals surface area (Å²) in [5, 5.41) is 2.83. The first kappa shape index (κ1) is 13.5. The fourth-order valence-corrected chi connectivity index (χ4v) is 2.04. The number of aryl methyl sites for hydroxylation is 1. The highest BCUT2D eigenvalue weighted by Gasteiger charge is 2.10. The molecule has 5 nitrogen and oxygen atoms in total. The maximum Gasteiger partial charge on any atom is 0.225 e. The molecule has 5 heteroatoms. The molecule has 0 radical (unpaired) electrons. The van der Waals surface area contributed by atoms with Gasteiger partial charge in [-0.05, 0) is 24.6 Å². The highest BCUT2D eigenvalue weighted by Crippen LogP contribution is 2.19. The lowest BCUT2D eigenvalue weighted by atomic mass is 10.1. The highest BCUT2D eigenvalue weighted by atomic mass is 16.3. The van der Waals surface area contributed by atoms with Gasteiger partial charge in [0.15, 0.2) is 11.5 Å². The quantitative estimate of drug-likeness (QED) is 0.866. The fraction of sp³-hybridized carbons (Fsp3) is 0.429. The van der Waals surface area contributed by atoms with Gasteiger partial charge in [-0.3, -0.25) is 4.79 Å². The van der Waals surface area contributed by atoms with E-state index in [0.717, 1.165) is 29.6 Å². The van der Waals surface area contributed by atoms with Crippen molar-refractivity contribution in [1.82, 2.24) is 4.98 Å². The summed E-state index contributed by atoms with van der Waals surface area (Å²) in [5.41, 5.74) is 8.03. The molecule has 2 rings (SSSR count). The van der Waals surface area contributed by atoms with Gasteiger partial charge >= 0.3 is 0 Å². The average molecular weight is 261 g/mol. The van der Waals surface area contributed by atoms with Crippen LogP contribution in [0, 0.1) is 6.92 Å². The Balaban J connectivity index is 2.02. The zero-order valence-corrected chi connectivity index (χ0v) is 11.3.